The number of hydrogen-bond donors (Lipinski definition) is 1. The molecule has 1 N–H and O–H groups in total. The van der Waals surface area contributed by atoms with E-state index in [0.29, 0.717) is 12.0 Å². The Kier molecular flexibility index (Phi) is 3.34. The van der Waals surface area contributed by atoms with Gasteiger partial charge in [0.25, 0.3) is 0 Å². The quantitative estimate of drug-likeness (QED) is 0.897. The monoisotopic (exact) mass is 255 g/mol. The third-order valence-electron chi connectivity index (χ3n) is 3.40. The smallest absolute Gasteiger partial charge is 0.306 e. The zero-order valence-corrected chi connectivity index (χ0v) is 10.2. The van der Waals surface area contributed by atoms with Gasteiger partial charge < -0.3 is 10.0 Å². The van der Waals surface area contributed by atoms with E-state index in [1.54, 1.807) is 0 Å². The molecule has 1 fully saturated rings. The normalized spacial score (nSPS) is 24.1. The summed E-state index contributed by atoms with van der Waals surface area (Å²) in [6, 6.07) is 3.55. The first-order valence-electron chi connectivity index (χ1n) is 5.76. The van der Waals surface area contributed by atoms with Gasteiger partial charge in [-0.25, -0.2) is 8.78 Å². The van der Waals surface area contributed by atoms with Crippen molar-refractivity contribution in [1.29, 1.82) is 0 Å². The van der Waals surface area contributed by atoms with Crippen molar-refractivity contribution in [1.82, 2.24) is 4.90 Å². The van der Waals surface area contributed by atoms with Gasteiger partial charge in [-0.3, -0.25) is 4.79 Å². The lowest BCUT2D eigenvalue weighted by Crippen LogP contribution is -2.23. The van der Waals surface area contributed by atoms with Crippen LogP contribution >= 0.6 is 0 Å². The Morgan fingerprint density at radius 2 is 2.06 bits per heavy atom. The van der Waals surface area contributed by atoms with E-state index in [4.69, 9.17) is 5.11 Å². The minimum absolute atomic E-state index is 0.0395. The molecule has 3 nitrogen and oxygen atoms in total. The molecular formula is C13H15F2NO2. The van der Waals surface area contributed by atoms with Crippen LogP contribution in [0, 0.1) is 23.5 Å². The van der Waals surface area contributed by atoms with Gasteiger partial charge in [0, 0.05) is 6.04 Å². The molecule has 98 valence electrons. The van der Waals surface area contributed by atoms with Crippen LogP contribution < -0.4 is 0 Å². The van der Waals surface area contributed by atoms with E-state index < -0.39 is 17.6 Å². The van der Waals surface area contributed by atoms with Gasteiger partial charge in [-0.05, 0) is 44.1 Å². The maximum Gasteiger partial charge on any atom is 0.306 e. The van der Waals surface area contributed by atoms with Crippen LogP contribution in [0.3, 0.4) is 0 Å². The number of halogens is 2. The highest BCUT2D eigenvalue weighted by molar-refractivity contribution is 5.73. The summed E-state index contributed by atoms with van der Waals surface area (Å²) in [5.74, 6) is -3.03. The molecule has 0 bridgehead atoms. The fraction of sp³-hybridized carbons (Fsp3) is 0.462. The predicted molar refractivity (Wildman–Crippen MR) is 62.0 cm³/mol. The lowest BCUT2D eigenvalue weighted by Gasteiger charge is -2.25. The van der Waals surface area contributed by atoms with Gasteiger partial charge in [-0.2, -0.15) is 0 Å². The summed E-state index contributed by atoms with van der Waals surface area (Å²) in [6.07, 6.45) is 0.581. The van der Waals surface area contributed by atoms with Crippen molar-refractivity contribution >= 4 is 5.97 Å². The fourth-order valence-electron chi connectivity index (χ4n) is 2.47. The zero-order valence-electron chi connectivity index (χ0n) is 10.2. The van der Waals surface area contributed by atoms with E-state index in [1.807, 2.05) is 19.0 Å². The third-order valence-corrected chi connectivity index (χ3v) is 3.40. The van der Waals surface area contributed by atoms with Crippen molar-refractivity contribution in [3.8, 4) is 0 Å². The molecule has 2 rings (SSSR count). The minimum Gasteiger partial charge on any atom is -0.481 e. The molecule has 0 aromatic heterocycles. The van der Waals surface area contributed by atoms with Crippen LogP contribution in [-0.4, -0.2) is 30.1 Å². The van der Waals surface area contributed by atoms with Crippen LogP contribution in [0.4, 0.5) is 8.78 Å². The largest absolute Gasteiger partial charge is 0.481 e. The molecule has 0 radical (unpaired) electrons. The van der Waals surface area contributed by atoms with Crippen molar-refractivity contribution in [2.24, 2.45) is 11.8 Å². The highest BCUT2D eigenvalue weighted by Crippen LogP contribution is 2.49. The summed E-state index contributed by atoms with van der Waals surface area (Å²) in [4.78, 5) is 12.7. The Morgan fingerprint density at radius 1 is 1.39 bits per heavy atom. The molecule has 3 unspecified atom stereocenters. The van der Waals surface area contributed by atoms with Crippen LogP contribution in [0.1, 0.15) is 18.0 Å². The predicted octanol–water partition coefficient (Wildman–Crippen LogP) is 2.29. The van der Waals surface area contributed by atoms with Gasteiger partial charge in [-0.15, -0.1) is 0 Å². The van der Waals surface area contributed by atoms with Gasteiger partial charge in [0.05, 0.1) is 5.92 Å². The van der Waals surface area contributed by atoms with E-state index in [1.165, 1.54) is 6.07 Å². The molecule has 3 atom stereocenters. The Morgan fingerprint density at radius 3 is 2.50 bits per heavy atom. The first-order valence-corrected chi connectivity index (χ1v) is 5.76. The van der Waals surface area contributed by atoms with Gasteiger partial charge >= 0.3 is 5.97 Å². The molecule has 0 heterocycles. The molecule has 1 saturated carbocycles. The van der Waals surface area contributed by atoms with Crippen molar-refractivity contribution in [2.45, 2.75) is 12.5 Å². The summed E-state index contributed by atoms with van der Waals surface area (Å²) in [5, 5.41) is 8.95. The second-order valence-electron chi connectivity index (χ2n) is 4.93. The first kappa shape index (κ1) is 13.0. The third kappa shape index (κ3) is 2.36. The molecule has 1 aliphatic rings. The first-order chi connectivity index (χ1) is 8.41. The maximum atomic E-state index is 13.2. The van der Waals surface area contributed by atoms with Crippen LogP contribution in [0.2, 0.25) is 0 Å². The van der Waals surface area contributed by atoms with Crippen LogP contribution in [0.5, 0.6) is 0 Å². The van der Waals surface area contributed by atoms with E-state index in [9.17, 15) is 13.6 Å². The Hall–Kier alpha value is -1.49. The molecule has 0 spiro atoms. The SMILES string of the molecule is CN(C)C(c1ccc(F)c(F)c1)C1CC1C(=O)O. The Bertz CT molecular complexity index is 476. The molecule has 1 aliphatic carbocycles. The number of aliphatic carboxylic acids is 1. The molecule has 0 saturated heterocycles. The van der Waals surface area contributed by atoms with Crippen molar-refractivity contribution in [3.05, 3.63) is 35.4 Å². The van der Waals surface area contributed by atoms with E-state index >= 15 is 0 Å². The minimum atomic E-state index is -0.896. The lowest BCUT2D eigenvalue weighted by atomic mass is 9.99. The van der Waals surface area contributed by atoms with Crippen molar-refractivity contribution in [3.63, 3.8) is 0 Å². The van der Waals surface area contributed by atoms with Gasteiger partial charge in [0.1, 0.15) is 0 Å². The highest BCUT2D eigenvalue weighted by atomic mass is 19.2. The van der Waals surface area contributed by atoms with E-state index in [2.05, 4.69) is 0 Å². The molecule has 5 heteroatoms. The van der Waals surface area contributed by atoms with Crippen LogP contribution in [0.15, 0.2) is 18.2 Å². The topological polar surface area (TPSA) is 40.5 Å². The molecular weight excluding hydrogens is 240 g/mol. The summed E-state index contributed by atoms with van der Waals surface area (Å²) in [6.45, 7) is 0. The van der Waals surface area contributed by atoms with E-state index in [0.717, 1.165) is 12.1 Å². The molecule has 1 aromatic carbocycles. The van der Waals surface area contributed by atoms with Crippen LogP contribution in [-0.2, 0) is 4.79 Å². The zero-order chi connectivity index (χ0) is 13.4. The van der Waals surface area contributed by atoms with E-state index in [-0.39, 0.29) is 17.9 Å². The summed E-state index contributed by atoms with van der Waals surface area (Å²) < 4.78 is 26.1. The Labute approximate surface area is 104 Å². The summed E-state index contributed by atoms with van der Waals surface area (Å²) in [7, 11) is 3.62. The van der Waals surface area contributed by atoms with Gasteiger partial charge in [0.15, 0.2) is 11.6 Å². The highest BCUT2D eigenvalue weighted by Gasteiger charge is 2.49. The molecule has 0 aliphatic heterocycles. The number of carbonyl (C=O) groups is 1. The maximum absolute atomic E-state index is 13.2. The summed E-state index contributed by atoms with van der Waals surface area (Å²) >= 11 is 0. The molecule has 0 amide bonds. The lowest BCUT2D eigenvalue weighted by molar-refractivity contribution is -0.139. The number of carboxylic acids is 1. The average Bonchev–Trinajstić information content (AvgIpc) is 3.03. The van der Waals surface area contributed by atoms with Crippen LogP contribution in [0.25, 0.3) is 0 Å². The summed E-state index contributed by atoms with van der Waals surface area (Å²) in [5.41, 5.74) is 0.618. The van der Waals surface area contributed by atoms with Gasteiger partial charge in [0.2, 0.25) is 0 Å². The number of nitrogens with zero attached hydrogens (tertiary/aromatic N) is 1. The van der Waals surface area contributed by atoms with Crippen molar-refractivity contribution < 1.29 is 18.7 Å². The fourth-order valence-corrected chi connectivity index (χ4v) is 2.47. The van der Waals surface area contributed by atoms with Gasteiger partial charge in [-0.1, -0.05) is 6.07 Å². The molecule has 18 heavy (non-hydrogen) atoms. The number of benzene rings is 1. The second-order valence-corrected chi connectivity index (χ2v) is 4.93. The standard InChI is InChI=1S/C13H15F2NO2/c1-16(2)12(8-6-9(8)13(17)18)7-3-4-10(14)11(15)5-7/h3-5,8-9,12H,6H2,1-2H3,(H,17,18). The second kappa shape index (κ2) is 4.65. The average molecular weight is 255 g/mol. The van der Waals surface area contributed by atoms with Crippen molar-refractivity contribution in [2.75, 3.05) is 14.1 Å². The number of rotatable bonds is 4. The molecule has 1 aromatic rings. The number of carboxylic acid groups (broad SMARTS) is 1. The number of hydrogen-bond acceptors (Lipinski definition) is 2. The Balaban J connectivity index is 2.26.